The average molecular weight is 434 g/mol. The fraction of sp³-hybridized carbons (Fsp3) is 0.429. The van der Waals surface area contributed by atoms with Gasteiger partial charge in [-0.2, -0.15) is 0 Å². The number of thioether (sulfide) groups is 1. The molecule has 8 heteroatoms. The van der Waals surface area contributed by atoms with E-state index in [2.05, 4.69) is 19.6 Å². The number of rotatable bonds is 8. The van der Waals surface area contributed by atoms with Gasteiger partial charge in [0.05, 0.1) is 18.1 Å². The van der Waals surface area contributed by atoms with Crippen molar-refractivity contribution < 1.29 is 24.2 Å². The monoisotopic (exact) mass is 433 g/mol. The Kier molecular flexibility index (Phi) is 6.26. The highest BCUT2D eigenvalue weighted by atomic mass is 32.2. The fourth-order valence-corrected chi connectivity index (χ4v) is 6.13. The molecular weight excluding hydrogens is 406 g/mol. The van der Waals surface area contributed by atoms with E-state index in [4.69, 9.17) is 4.43 Å². The Bertz CT molecular complexity index is 876. The number of carboxylic acid groups (broad SMARTS) is 1. The van der Waals surface area contributed by atoms with Crippen LogP contribution >= 0.6 is 11.8 Å². The maximum absolute atomic E-state index is 12.7. The molecule has 3 atom stereocenters. The second kappa shape index (κ2) is 8.37. The van der Waals surface area contributed by atoms with E-state index in [1.165, 1.54) is 16.7 Å². The highest BCUT2D eigenvalue weighted by Crippen LogP contribution is 2.48. The lowest BCUT2D eigenvalue weighted by atomic mass is 9.83. The number of amides is 1. The van der Waals surface area contributed by atoms with Crippen molar-refractivity contribution in [3.63, 3.8) is 0 Å². The molecular formula is C21H27NO5SSi. The zero-order valence-corrected chi connectivity index (χ0v) is 18.9. The predicted octanol–water partition coefficient (Wildman–Crippen LogP) is 3.95. The van der Waals surface area contributed by atoms with E-state index in [1.54, 1.807) is 18.2 Å². The van der Waals surface area contributed by atoms with Crippen LogP contribution in [0.4, 0.5) is 0 Å². The third kappa shape index (κ3) is 4.76. The summed E-state index contributed by atoms with van der Waals surface area (Å²) in [5.74, 6) is -1.29. The summed E-state index contributed by atoms with van der Waals surface area (Å²) in [7, 11) is -1.79. The molecule has 0 bridgehead atoms. The number of carbonyl (C=O) groups excluding carboxylic acids is 1. The summed E-state index contributed by atoms with van der Waals surface area (Å²) in [6, 6.07) is 6.88. The Balaban J connectivity index is 1.67. The van der Waals surface area contributed by atoms with Gasteiger partial charge in [0, 0.05) is 11.3 Å². The van der Waals surface area contributed by atoms with Crippen molar-refractivity contribution in [2.24, 2.45) is 5.92 Å². The lowest BCUT2D eigenvalue weighted by Gasteiger charge is -2.46. The van der Waals surface area contributed by atoms with Gasteiger partial charge in [0.15, 0.2) is 8.32 Å². The Morgan fingerprint density at radius 3 is 2.76 bits per heavy atom. The second-order valence-corrected chi connectivity index (χ2v) is 13.8. The van der Waals surface area contributed by atoms with Crippen LogP contribution in [0.1, 0.15) is 18.9 Å². The van der Waals surface area contributed by atoms with Crippen LogP contribution in [0.25, 0.3) is 0 Å². The number of phenolic OH excluding ortho intramolecular Hbond substituents is 1. The van der Waals surface area contributed by atoms with E-state index in [1.807, 2.05) is 24.5 Å². The minimum Gasteiger partial charge on any atom is -0.508 e. The zero-order valence-electron chi connectivity index (χ0n) is 17.1. The molecule has 2 aliphatic heterocycles. The smallest absolute Gasteiger partial charge is 0.353 e. The van der Waals surface area contributed by atoms with E-state index in [-0.39, 0.29) is 35.4 Å². The molecule has 2 heterocycles. The number of carboxylic acids is 1. The van der Waals surface area contributed by atoms with Crippen LogP contribution in [-0.4, -0.2) is 47.5 Å². The second-order valence-electron chi connectivity index (χ2n) is 8.38. The first-order valence-corrected chi connectivity index (χ1v) is 13.9. The van der Waals surface area contributed by atoms with Crippen LogP contribution in [0.2, 0.25) is 19.6 Å². The molecule has 0 unspecified atom stereocenters. The van der Waals surface area contributed by atoms with E-state index >= 15 is 0 Å². The molecule has 2 aliphatic rings. The van der Waals surface area contributed by atoms with Gasteiger partial charge in [0.2, 0.25) is 5.91 Å². The number of aromatic hydroxyl groups is 1. The van der Waals surface area contributed by atoms with Crippen molar-refractivity contribution >= 4 is 32.0 Å². The first kappa shape index (κ1) is 21.7. The first-order chi connectivity index (χ1) is 13.6. The number of fused-ring (bicyclic) bond motifs is 1. The molecule has 6 nitrogen and oxygen atoms in total. The fourth-order valence-electron chi connectivity index (χ4n) is 3.95. The number of hydrogen-bond acceptors (Lipinski definition) is 5. The summed E-state index contributed by atoms with van der Waals surface area (Å²) in [6.07, 6.45) is 2.89. The molecule has 2 N–H and O–H groups in total. The maximum Gasteiger partial charge on any atom is 0.353 e. The number of allylic oxidation sites excluding steroid dienone is 1. The van der Waals surface area contributed by atoms with E-state index in [9.17, 15) is 19.8 Å². The van der Waals surface area contributed by atoms with E-state index in [0.717, 1.165) is 5.56 Å². The van der Waals surface area contributed by atoms with Crippen molar-refractivity contribution in [3.8, 4) is 5.75 Å². The molecule has 156 valence electrons. The lowest BCUT2D eigenvalue weighted by Crippen LogP contribution is -2.63. The van der Waals surface area contributed by atoms with Gasteiger partial charge in [-0.05, 0) is 56.1 Å². The van der Waals surface area contributed by atoms with Crippen molar-refractivity contribution in [1.29, 1.82) is 0 Å². The Morgan fingerprint density at radius 2 is 2.14 bits per heavy atom. The molecule has 29 heavy (non-hydrogen) atoms. The van der Waals surface area contributed by atoms with Crippen molar-refractivity contribution in [2.45, 2.75) is 51.6 Å². The van der Waals surface area contributed by atoms with Gasteiger partial charge in [-0.15, -0.1) is 11.8 Å². The normalized spacial score (nSPS) is 22.8. The van der Waals surface area contributed by atoms with Crippen LogP contribution < -0.4 is 0 Å². The average Bonchev–Trinajstić information content (AvgIpc) is 2.92. The predicted molar refractivity (Wildman–Crippen MR) is 116 cm³/mol. The van der Waals surface area contributed by atoms with Crippen LogP contribution in [-0.2, 0) is 20.4 Å². The molecule has 3 rings (SSSR count). The molecule has 0 saturated carbocycles. The summed E-state index contributed by atoms with van der Waals surface area (Å²) in [6.45, 7) is 8.16. The molecule has 0 radical (unpaired) electrons. The van der Waals surface area contributed by atoms with Gasteiger partial charge in [0.25, 0.3) is 0 Å². The topological polar surface area (TPSA) is 87.1 Å². The first-order valence-electron chi connectivity index (χ1n) is 9.65. The number of β-lactam (4-membered cyclic amide) rings is 1. The summed E-state index contributed by atoms with van der Waals surface area (Å²) < 4.78 is 6.09. The minimum absolute atomic E-state index is 0.100. The Hall–Kier alpha value is -2.03. The van der Waals surface area contributed by atoms with Crippen molar-refractivity contribution in [2.75, 3.05) is 0 Å². The van der Waals surface area contributed by atoms with Gasteiger partial charge >= 0.3 is 5.97 Å². The van der Waals surface area contributed by atoms with Gasteiger partial charge in [-0.3, -0.25) is 4.79 Å². The highest BCUT2D eigenvalue weighted by Gasteiger charge is 2.57. The van der Waals surface area contributed by atoms with Gasteiger partial charge in [-0.1, -0.05) is 18.2 Å². The van der Waals surface area contributed by atoms with Crippen molar-refractivity contribution in [1.82, 2.24) is 4.90 Å². The van der Waals surface area contributed by atoms with E-state index < -0.39 is 14.3 Å². The van der Waals surface area contributed by atoms with Gasteiger partial charge in [-0.25, -0.2) is 4.79 Å². The number of hydrogen-bond donors (Lipinski definition) is 2. The largest absolute Gasteiger partial charge is 0.508 e. The minimum atomic E-state index is -1.79. The molecule has 1 aromatic rings. The lowest BCUT2D eigenvalue weighted by molar-refractivity contribution is -0.160. The summed E-state index contributed by atoms with van der Waals surface area (Å²) in [4.78, 5) is 26.6. The molecule has 1 amide bonds. The standard InChI is InChI=1S/C21H27NO5SSi/c1-13(27-29(2,3)4)18-16-12-17(19(21(25)26)22(16)20(18)24)28-10-6-8-14-7-5-9-15(23)11-14/h5-7,9-11,13,16,18,23H,8,12H2,1-4H3,(H,25,26)/t13-,16+,18-/m0/s1. The van der Waals surface area contributed by atoms with Crippen LogP contribution in [0.15, 0.2) is 46.4 Å². The molecule has 1 fully saturated rings. The summed E-state index contributed by atoms with van der Waals surface area (Å²) >= 11 is 1.35. The number of carbonyl (C=O) groups is 2. The highest BCUT2D eigenvalue weighted by molar-refractivity contribution is 8.05. The van der Waals surface area contributed by atoms with Gasteiger partial charge in [0.1, 0.15) is 11.4 Å². The molecule has 1 saturated heterocycles. The van der Waals surface area contributed by atoms with E-state index in [0.29, 0.717) is 17.7 Å². The number of nitrogens with zero attached hydrogens (tertiary/aromatic N) is 1. The summed E-state index contributed by atoms with van der Waals surface area (Å²) in [5.41, 5.74) is 1.07. The number of benzene rings is 1. The number of phenols is 1. The molecule has 0 aromatic heterocycles. The summed E-state index contributed by atoms with van der Waals surface area (Å²) in [5, 5.41) is 21.0. The molecule has 1 aromatic carbocycles. The molecule has 0 spiro atoms. The third-order valence-corrected chi connectivity index (χ3v) is 7.04. The quantitative estimate of drug-likeness (QED) is 0.477. The van der Waals surface area contributed by atoms with Crippen LogP contribution in [0.5, 0.6) is 5.75 Å². The van der Waals surface area contributed by atoms with Crippen molar-refractivity contribution in [3.05, 3.63) is 51.9 Å². The maximum atomic E-state index is 12.7. The van der Waals surface area contributed by atoms with Gasteiger partial charge < -0.3 is 19.5 Å². The zero-order chi connectivity index (χ0) is 21.3. The Morgan fingerprint density at radius 1 is 1.41 bits per heavy atom. The molecule has 0 aliphatic carbocycles. The SMILES string of the molecule is C[C@H](O[Si](C)(C)C)[C@@H]1C(=O)N2C(C(=O)O)=C(SC=CCc3cccc(O)c3)C[C@H]12. The third-order valence-electron chi connectivity index (χ3n) is 4.99. The Labute approximate surface area is 176 Å². The van der Waals surface area contributed by atoms with Crippen LogP contribution in [0, 0.1) is 5.92 Å². The van der Waals surface area contributed by atoms with Crippen LogP contribution in [0.3, 0.4) is 0 Å². The number of aliphatic carboxylic acids is 1.